The molecule has 0 aliphatic carbocycles. The van der Waals surface area contributed by atoms with Crippen LogP contribution in [0.2, 0.25) is 10.0 Å². The lowest BCUT2D eigenvalue weighted by atomic mass is 10.2. The molecule has 0 saturated carbocycles. The van der Waals surface area contributed by atoms with Crippen molar-refractivity contribution < 1.29 is 18.9 Å². The molecule has 7 nitrogen and oxygen atoms in total. The van der Waals surface area contributed by atoms with Crippen LogP contribution in [0.1, 0.15) is 5.76 Å². The van der Waals surface area contributed by atoms with E-state index >= 15 is 0 Å². The van der Waals surface area contributed by atoms with Crippen LogP contribution in [0.4, 0.5) is 11.4 Å². The van der Waals surface area contributed by atoms with Gasteiger partial charge in [0.25, 0.3) is 5.69 Å². The van der Waals surface area contributed by atoms with Gasteiger partial charge in [0.1, 0.15) is 17.3 Å². The number of halogens is 2. The number of rotatable bonds is 6. The SMILES string of the molecule is COc1ccc([N+](=O)[O-])cc1NC(=O)C=Cc1ccc(-c2cccc(Cl)c2Cl)o1. The van der Waals surface area contributed by atoms with Gasteiger partial charge in [-0.2, -0.15) is 0 Å². The third-order valence-electron chi connectivity index (χ3n) is 3.89. The first kappa shape index (κ1) is 20.4. The number of nitro groups is 1. The van der Waals surface area contributed by atoms with E-state index in [1.807, 2.05) is 0 Å². The highest BCUT2D eigenvalue weighted by Gasteiger charge is 2.13. The summed E-state index contributed by atoms with van der Waals surface area (Å²) in [5, 5.41) is 14.2. The lowest BCUT2D eigenvalue weighted by Crippen LogP contribution is -2.09. The second-order valence-corrected chi connectivity index (χ2v) is 6.55. The summed E-state index contributed by atoms with van der Waals surface area (Å²) in [5.41, 5.74) is 0.644. The predicted molar refractivity (Wildman–Crippen MR) is 111 cm³/mol. The number of ether oxygens (including phenoxy) is 1. The summed E-state index contributed by atoms with van der Waals surface area (Å²) in [7, 11) is 1.40. The number of nitrogens with one attached hydrogen (secondary N) is 1. The third kappa shape index (κ3) is 4.77. The summed E-state index contributed by atoms with van der Waals surface area (Å²) in [4.78, 5) is 22.6. The van der Waals surface area contributed by atoms with Crippen molar-refractivity contribution >= 4 is 46.6 Å². The zero-order valence-electron chi connectivity index (χ0n) is 15.0. The molecule has 0 fully saturated rings. The van der Waals surface area contributed by atoms with Crippen molar-refractivity contribution in [2.45, 2.75) is 0 Å². The number of methoxy groups -OCH3 is 1. The Morgan fingerprint density at radius 1 is 1.21 bits per heavy atom. The monoisotopic (exact) mass is 432 g/mol. The molecular formula is C20H14Cl2N2O5. The second-order valence-electron chi connectivity index (χ2n) is 5.77. The first-order valence-electron chi connectivity index (χ1n) is 8.24. The molecule has 148 valence electrons. The minimum Gasteiger partial charge on any atom is -0.495 e. The molecule has 3 aromatic rings. The van der Waals surface area contributed by atoms with Crippen molar-refractivity contribution in [3.8, 4) is 17.1 Å². The van der Waals surface area contributed by atoms with Crippen LogP contribution in [0.15, 0.2) is 59.0 Å². The minimum atomic E-state index is -0.559. The van der Waals surface area contributed by atoms with Gasteiger partial charge in [0, 0.05) is 23.8 Å². The maximum Gasteiger partial charge on any atom is 0.271 e. The van der Waals surface area contributed by atoms with Crippen molar-refractivity contribution in [3.05, 3.63) is 80.5 Å². The molecule has 0 radical (unpaired) electrons. The van der Waals surface area contributed by atoms with Crippen LogP contribution in [-0.4, -0.2) is 17.9 Å². The van der Waals surface area contributed by atoms with E-state index in [4.69, 9.17) is 32.4 Å². The Labute approximate surface area is 175 Å². The number of furan rings is 1. The minimum absolute atomic E-state index is 0.167. The number of anilines is 1. The highest BCUT2D eigenvalue weighted by molar-refractivity contribution is 6.43. The predicted octanol–water partition coefficient (Wildman–Crippen LogP) is 5.82. The fourth-order valence-corrected chi connectivity index (χ4v) is 2.91. The third-order valence-corrected chi connectivity index (χ3v) is 4.71. The molecule has 0 aliphatic heterocycles. The molecule has 1 heterocycles. The number of amides is 1. The quantitative estimate of drug-likeness (QED) is 0.300. The zero-order chi connectivity index (χ0) is 21.0. The molecule has 29 heavy (non-hydrogen) atoms. The van der Waals surface area contributed by atoms with Crippen molar-refractivity contribution in [2.75, 3.05) is 12.4 Å². The number of non-ortho nitro benzene ring substituents is 1. The largest absolute Gasteiger partial charge is 0.495 e. The molecule has 1 N–H and O–H groups in total. The van der Waals surface area contributed by atoms with E-state index in [0.717, 1.165) is 0 Å². The molecule has 0 atom stereocenters. The Morgan fingerprint density at radius 3 is 2.72 bits per heavy atom. The van der Waals surface area contributed by atoms with E-state index in [0.29, 0.717) is 32.9 Å². The van der Waals surface area contributed by atoms with Gasteiger partial charge in [0.2, 0.25) is 5.91 Å². The maximum atomic E-state index is 12.2. The number of nitrogens with zero attached hydrogens (tertiary/aromatic N) is 1. The summed E-state index contributed by atoms with van der Waals surface area (Å²) in [6, 6.07) is 12.5. The molecule has 1 amide bonds. The Kier molecular flexibility index (Phi) is 6.21. The van der Waals surface area contributed by atoms with Gasteiger partial charge in [-0.25, -0.2) is 0 Å². The Morgan fingerprint density at radius 2 is 2.00 bits per heavy atom. The molecule has 0 aliphatic rings. The average molecular weight is 433 g/mol. The summed E-state index contributed by atoms with van der Waals surface area (Å²) in [6.45, 7) is 0. The summed E-state index contributed by atoms with van der Waals surface area (Å²) < 4.78 is 10.8. The molecule has 9 heteroatoms. The fourth-order valence-electron chi connectivity index (χ4n) is 2.52. The normalized spacial score (nSPS) is 10.9. The fraction of sp³-hybridized carbons (Fsp3) is 0.0500. The van der Waals surface area contributed by atoms with E-state index in [1.165, 1.54) is 37.5 Å². The maximum absolute atomic E-state index is 12.2. The summed E-state index contributed by atoms with van der Waals surface area (Å²) in [5.74, 6) is 0.700. The van der Waals surface area contributed by atoms with Crippen molar-refractivity contribution in [1.82, 2.24) is 0 Å². The topological polar surface area (TPSA) is 94.6 Å². The van der Waals surface area contributed by atoms with E-state index < -0.39 is 10.8 Å². The van der Waals surface area contributed by atoms with Crippen LogP contribution in [0.25, 0.3) is 17.4 Å². The lowest BCUT2D eigenvalue weighted by molar-refractivity contribution is -0.384. The number of hydrogen-bond donors (Lipinski definition) is 1. The Bertz CT molecular complexity index is 1110. The van der Waals surface area contributed by atoms with Crippen LogP contribution >= 0.6 is 23.2 Å². The van der Waals surface area contributed by atoms with Crippen LogP contribution in [-0.2, 0) is 4.79 Å². The molecule has 0 unspecified atom stereocenters. The van der Waals surface area contributed by atoms with Gasteiger partial charge < -0.3 is 14.5 Å². The molecule has 0 saturated heterocycles. The number of carbonyl (C=O) groups excluding carboxylic acids is 1. The molecule has 1 aromatic heterocycles. The van der Waals surface area contributed by atoms with Crippen LogP contribution in [0.5, 0.6) is 5.75 Å². The van der Waals surface area contributed by atoms with Gasteiger partial charge in [0.05, 0.1) is 27.8 Å². The Hall–Kier alpha value is -3.29. The van der Waals surface area contributed by atoms with E-state index in [9.17, 15) is 14.9 Å². The summed E-state index contributed by atoms with van der Waals surface area (Å²) in [6.07, 6.45) is 2.70. The van der Waals surface area contributed by atoms with Crippen molar-refractivity contribution in [3.63, 3.8) is 0 Å². The second kappa shape index (κ2) is 8.81. The van der Waals surface area contributed by atoms with Gasteiger partial charge in [-0.3, -0.25) is 14.9 Å². The van der Waals surface area contributed by atoms with E-state index in [-0.39, 0.29) is 11.4 Å². The molecular weight excluding hydrogens is 419 g/mol. The van der Waals surface area contributed by atoms with Crippen LogP contribution in [0, 0.1) is 10.1 Å². The van der Waals surface area contributed by atoms with E-state index in [2.05, 4.69) is 5.32 Å². The number of hydrogen-bond acceptors (Lipinski definition) is 5. The highest BCUT2D eigenvalue weighted by Crippen LogP contribution is 2.34. The highest BCUT2D eigenvalue weighted by atomic mass is 35.5. The number of nitro benzene ring substituents is 1. The average Bonchev–Trinajstić information content (AvgIpc) is 3.17. The van der Waals surface area contributed by atoms with Gasteiger partial charge >= 0.3 is 0 Å². The van der Waals surface area contributed by atoms with Crippen molar-refractivity contribution in [2.24, 2.45) is 0 Å². The standard InChI is InChI=1S/C20H14Cl2N2O5/c1-28-18-8-5-12(24(26)27)11-16(18)23-19(25)10-7-13-6-9-17(29-13)14-3-2-4-15(21)20(14)22/h2-11H,1H3,(H,23,25). The smallest absolute Gasteiger partial charge is 0.271 e. The van der Waals surface area contributed by atoms with Gasteiger partial charge in [-0.15, -0.1) is 0 Å². The summed E-state index contributed by atoms with van der Waals surface area (Å²) >= 11 is 12.2. The lowest BCUT2D eigenvalue weighted by Gasteiger charge is -2.08. The first-order chi connectivity index (χ1) is 13.9. The number of benzene rings is 2. The zero-order valence-corrected chi connectivity index (χ0v) is 16.5. The van der Waals surface area contributed by atoms with Crippen LogP contribution in [0.3, 0.4) is 0 Å². The molecule has 3 rings (SSSR count). The Balaban J connectivity index is 1.75. The van der Waals surface area contributed by atoms with Gasteiger partial charge in [-0.1, -0.05) is 29.3 Å². The van der Waals surface area contributed by atoms with Crippen molar-refractivity contribution in [1.29, 1.82) is 0 Å². The van der Waals surface area contributed by atoms with Crippen LogP contribution < -0.4 is 10.1 Å². The van der Waals surface area contributed by atoms with E-state index in [1.54, 1.807) is 30.3 Å². The number of carbonyl (C=O) groups is 1. The molecule has 0 spiro atoms. The molecule has 0 bridgehead atoms. The first-order valence-corrected chi connectivity index (χ1v) is 9.00. The molecule has 2 aromatic carbocycles. The van der Waals surface area contributed by atoms with Gasteiger partial charge in [0.15, 0.2) is 0 Å². The van der Waals surface area contributed by atoms with Gasteiger partial charge in [-0.05, 0) is 36.4 Å².